The Morgan fingerprint density at radius 3 is 2.85 bits per heavy atom. The number of hydrogen-bond acceptors (Lipinski definition) is 3. The average molecular weight is 353 g/mol. The Kier molecular flexibility index (Phi) is 4.32. The highest BCUT2D eigenvalue weighted by molar-refractivity contribution is 5.97. The van der Waals surface area contributed by atoms with Gasteiger partial charge in [0.1, 0.15) is 11.6 Å². The molecular weight excluding hydrogens is 333 g/mol. The Hall–Kier alpha value is -2.89. The minimum atomic E-state index is -0.322. The fraction of sp³-hybridized carbons (Fsp3) is 0.300. The molecule has 1 aliphatic rings. The Morgan fingerprint density at radius 2 is 2.19 bits per heavy atom. The van der Waals surface area contributed by atoms with E-state index in [-0.39, 0.29) is 11.7 Å². The second-order valence-corrected chi connectivity index (χ2v) is 6.49. The molecule has 0 saturated heterocycles. The summed E-state index contributed by atoms with van der Waals surface area (Å²) in [7, 11) is 0. The fourth-order valence-electron chi connectivity index (χ4n) is 3.18. The van der Waals surface area contributed by atoms with Crippen molar-refractivity contribution < 1.29 is 13.6 Å². The van der Waals surface area contributed by atoms with E-state index < -0.39 is 0 Å². The van der Waals surface area contributed by atoms with Crippen molar-refractivity contribution in [3.05, 3.63) is 71.2 Å². The Bertz CT molecular complexity index is 927. The summed E-state index contributed by atoms with van der Waals surface area (Å²) in [4.78, 5) is 12.9. The molecule has 0 radical (unpaired) electrons. The van der Waals surface area contributed by atoms with Gasteiger partial charge in [0.15, 0.2) is 0 Å². The van der Waals surface area contributed by atoms with Gasteiger partial charge in [0.2, 0.25) is 0 Å². The molecular formula is C20H20FN3O2. The number of furan rings is 1. The Morgan fingerprint density at radius 1 is 1.35 bits per heavy atom. The van der Waals surface area contributed by atoms with Crippen LogP contribution in [0.2, 0.25) is 0 Å². The van der Waals surface area contributed by atoms with Gasteiger partial charge in [-0.2, -0.15) is 5.10 Å². The number of nitrogens with one attached hydrogen (secondary N) is 1. The van der Waals surface area contributed by atoms with Crippen LogP contribution in [-0.4, -0.2) is 15.7 Å². The van der Waals surface area contributed by atoms with Crippen molar-refractivity contribution in [3.8, 4) is 5.69 Å². The van der Waals surface area contributed by atoms with Crippen LogP contribution >= 0.6 is 0 Å². The molecule has 134 valence electrons. The summed E-state index contributed by atoms with van der Waals surface area (Å²) in [6.07, 6.45) is 4.26. The molecule has 0 atom stereocenters. The molecule has 5 nitrogen and oxygen atoms in total. The molecule has 1 aromatic carbocycles. The number of aromatic nitrogens is 2. The highest BCUT2D eigenvalue weighted by Crippen LogP contribution is 2.42. The highest BCUT2D eigenvalue weighted by atomic mass is 19.1. The molecule has 26 heavy (non-hydrogen) atoms. The second kappa shape index (κ2) is 6.78. The van der Waals surface area contributed by atoms with Gasteiger partial charge < -0.3 is 9.73 Å². The average Bonchev–Trinajstić information content (AvgIpc) is 3.21. The third kappa shape index (κ3) is 3.14. The van der Waals surface area contributed by atoms with Crippen LogP contribution in [0.25, 0.3) is 5.69 Å². The fourth-order valence-corrected chi connectivity index (χ4v) is 3.18. The van der Waals surface area contributed by atoms with E-state index in [1.807, 2.05) is 13.0 Å². The first kappa shape index (κ1) is 16.6. The van der Waals surface area contributed by atoms with Crippen LogP contribution in [0, 0.1) is 5.82 Å². The lowest BCUT2D eigenvalue weighted by molar-refractivity contribution is 0.0946. The standard InChI is InChI=1S/C20H20FN3O2/c1-2-17-18(20(25)22-12-16-7-4-10-26-16)19(13-8-9-13)23-24(17)15-6-3-5-14(21)11-15/h3-7,10-11,13H,2,8-9,12H2,1H3,(H,22,25). The Balaban J connectivity index is 1.71. The van der Waals surface area contributed by atoms with E-state index in [9.17, 15) is 9.18 Å². The molecule has 1 aliphatic carbocycles. The van der Waals surface area contributed by atoms with E-state index in [0.717, 1.165) is 24.2 Å². The van der Waals surface area contributed by atoms with E-state index in [1.165, 1.54) is 12.1 Å². The van der Waals surface area contributed by atoms with Gasteiger partial charge in [-0.15, -0.1) is 0 Å². The van der Waals surface area contributed by atoms with Gasteiger partial charge in [-0.1, -0.05) is 13.0 Å². The minimum absolute atomic E-state index is 0.164. The molecule has 1 amide bonds. The van der Waals surface area contributed by atoms with Crippen molar-refractivity contribution in [2.45, 2.75) is 38.6 Å². The van der Waals surface area contributed by atoms with Crippen LogP contribution in [0.5, 0.6) is 0 Å². The molecule has 1 N–H and O–H groups in total. The third-order valence-electron chi connectivity index (χ3n) is 4.59. The molecule has 2 aromatic heterocycles. The molecule has 0 aliphatic heterocycles. The predicted molar refractivity (Wildman–Crippen MR) is 94.8 cm³/mol. The van der Waals surface area contributed by atoms with Gasteiger partial charge in [0.05, 0.1) is 35.4 Å². The maximum Gasteiger partial charge on any atom is 0.255 e. The summed E-state index contributed by atoms with van der Waals surface area (Å²) in [5.74, 6) is 0.515. The molecule has 0 bridgehead atoms. The lowest BCUT2D eigenvalue weighted by Crippen LogP contribution is -2.24. The summed E-state index contributed by atoms with van der Waals surface area (Å²) in [5, 5.41) is 7.60. The van der Waals surface area contributed by atoms with Gasteiger partial charge >= 0.3 is 0 Å². The number of rotatable bonds is 6. The van der Waals surface area contributed by atoms with Crippen LogP contribution < -0.4 is 5.32 Å². The first-order valence-corrected chi connectivity index (χ1v) is 8.85. The van der Waals surface area contributed by atoms with Gasteiger partial charge in [0.25, 0.3) is 5.91 Å². The first-order chi connectivity index (χ1) is 12.7. The van der Waals surface area contributed by atoms with Gasteiger partial charge in [0, 0.05) is 5.92 Å². The number of carbonyl (C=O) groups is 1. The van der Waals surface area contributed by atoms with E-state index in [4.69, 9.17) is 4.42 Å². The molecule has 6 heteroatoms. The summed E-state index contributed by atoms with van der Waals surface area (Å²) >= 11 is 0. The molecule has 0 unspecified atom stereocenters. The first-order valence-electron chi connectivity index (χ1n) is 8.85. The van der Waals surface area contributed by atoms with Crippen molar-refractivity contribution in [1.82, 2.24) is 15.1 Å². The van der Waals surface area contributed by atoms with Crippen LogP contribution in [0.1, 0.15) is 53.2 Å². The molecule has 1 fully saturated rings. The summed E-state index contributed by atoms with van der Waals surface area (Å²) in [6.45, 7) is 2.30. The zero-order valence-corrected chi connectivity index (χ0v) is 14.5. The smallest absolute Gasteiger partial charge is 0.255 e. The van der Waals surface area contributed by atoms with Crippen LogP contribution in [0.4, 0.5) is 4.39 Å². The zero-order valence-electron chi connectivity index (χ0n) is 14.5. The largest absolute Gasteiger partial charge is 0.467 e. The van der Waals surface area contributed by atoms with E-state index in [1.54, 1.807) is 29.1 Å². The molecule has 0 spiro atoms. The van der Waals surface area contributed by atoms with Gasteiger partial charge in [-0.25, -0.2) is 9.07 Å². The summed E-state index contributed by atoms with van der Waals surface area (Å²) < 4.78 is 20.7. The maximum absolute atomic E-state index is 13.7. The Labute approximate surface area is 150 Å². The monoisotopic (exact) mass is 353 g/mol. The molecule has 4 rings (SSSR count). The van der Waals surface area contributed by atoms with E-state index in [0.29, 0.717) is 35.9 Å². The minimum Gasteiger partial charge on any atom is -0.467 e. The number of halogens is 1. The lowest BCUT2D eigenvalue weighted by Gasteiger charge is -2.08. The zero-order chi connectivity index (χ0) is 18.1. The quantitative estimate of drug-likeness (QED) is 0.729. The van der Waals surface area contributed by atoms with Crippen molar-refractivity contribution in [1.29, 1.82) is 0 Å². The van der Waals surface area contributed by atoms with E-state index >= 15 is 0 Å². The number of carbonyl (C=O) groups excluding carboxylic acids is 1. The van der Waals surface area contributed by atoms with E-state index in [2.05, 4.69) is 10.4 Å². The maximum atomic E-state index is 13.7. The topological polar surface area (TPSA) is 60.1 Å². The summed E-state index contributed by atoms with van der Waals surface area (Å²) in [5.41, 5.74) is 2.86. The number of amides is 1. The van der Waals surface area contributed by atoms with Crippen LogP contribution in [-0.2, 0) is 13.0 Å². The van der Waals surface area contributed by atoms with Gasteiger partial charge in [-0.3, -0.25) is 4.79 Å². The predicted octanol–water partition coefficient (Wildman–Crippen LogP) is 3.97. The lowest BCUT2D eigenvalue weighted by atomic mass is 10.1. The third-order valence-corrected chi connectivity index (χ3v) is 4.59. The molecule has 2 heterocycles. The van der Waals surface area contributed by atoms with Gasteiger partial charge in [-0.05, 0) is 49.6 Å². The molecule has 1 saturated carbocycles. The van der Waals surface area contributed by atoms with Crippen molar-refractivity contribution in [3.63, 3.8) is 0 Å². The number of hydrogen-bond donors (Lipinski definition) is 1. The van der Waals surface area contributed by atoms with Crippen molar-refractivity contribution in [2.24, 2.45) is 0 Å². The highest BCUT2D eigenvalue weighted by Gasteiger charge is 2.34. The normalized spacial score (nSPS) is 13.8. The van der Waals surface area contributed by atoms with Crippen LogP contribution in [0.15, 0.2) is 47.1 Å². The molecule has 3 aromatic rings. The van der Waals surface area contributed by atoms with Crippen molar-refractivity contribution in [2.75, 3.05) is 0 Å². The summed E-state index contributed by atoms with van der Waals surface area (Å²) in [6, 6.07) is 9.90. The number of nitrogens with zero attached hydrogens (tertiary/aromatic N) is 2. The number of benzene rings is 1. The van der Waals surface area contributed by atoms with Crippen molar-refractivity contribution >= 4 is 5.91 Å². The van der Waals surface area contributed by atoms with Crippen LogP contribution in [0.3, 0.4) is 0 Å². The SMILES string of the molecule is CCc1c(C(=O)NCc2ccco2)c(C2CC2)nn1-c1cccc(F)c1. The second-order valence-electron chi connectivity index (χ2n) is 6.49.